The van der Waals surface area contributed by atoms with Crippen molar-refractivity contribution in [3.63, 3.8) is 0 Å². The fourth-order valence-electron chi connectivity index (χ4n) is 1.60. The van der Waals surface area contributed by atoms with Gasteiger partial charge in [-0.3, -0.25) is 14.9 Å². The van der Waals surface area contributed by atoms with Crippen LogP contribution >= 0.6 is 0 Å². The summed E-state index contributed by atoms with van der Waals surface area (Å²) >= 11 is 0. The van der Waals surface area contributed by atoms with E-state index in [0.29, 0.717) is 5.56 Å². The molecule has 0 aliphatic heterocycles. The molecule has 0 fully saturated rings. The molecule has 1 unspecified atom stereocenters. The zero-order valence-corrected chi connectivity index (χ0v) is 9.83. The summed E-state index contributed by atoms with van der Waals surface area (Å²) in [6.07, 6.45) is 0.259. The van der Waals surface area contributed by atoms with E-state index in [9.17, 15) is 14.9 Å². The fraction of sp³-hybridized carbons (Fsp3) is 0.333. The van der Waals surface area contributed by atoms with Gasteiger partial charge in [0.2, 0.25) is 0 Å². The Bertz CT molecular complexity index is 493. The van der Waals surface area contributed by atoms with Crippen molar-refractivity contribution >= 4 is 11.7 Å². The molecule has 0 saturated carbocycles. The largest absolute Gasteiger partial charge is 0.469 e. The van der Waals surface area contributed by atoms with E-state index in [4.69, 9.17) is 5.26 Å². The zero-order valence-electron chi connectivity index (χ0n) is 9.83. The second-order valence-electron chi connectivity index (χ2n) is 3.61. The van der Waals surface area contributed by atoms with Gasteiger partial charge in [0.1, 0.15) is 0 Å². The van der Waals surface area contributed by atoms with Gasteiger partial charge >= 0.3 is 5.97 Å². The first-order valence-electron chi connectivity index (χ1n) is 5.30. The van der Waals surface area contributed by atoms with Crippen LogP contribution in [0.1, 0.15) is 24.3 Å². The minimum atomic E-state index is -0.689. The van der Waals surface area contributed by atoms with E-state index >= 15 is 0 Å². The second-order valence-corrected chi connectivity index (χ2v) is 3.61. The van der Waals surface area contributed by atoms with E-state index in [1.165, 1.54) is 25.3 Å². The minimum Gasteiger partial charge on any atom is -0.469 e. The summed E-state index contributed by atoms with van der Waals surface area (Å²) in [5, 5.41) is 19.9. The molecule has 1 rings (SSSR count). The van der Waals surface area contributed by atoms with E-state index in [0.717, 1.165) is 0 Å². The van der Waals surface area contributed by atoms with Crippen LogP contribution in [0.25, 0.3) is 0 Å². The SMILES string of the molecule is COC(=O)CCC(C#N)c1ccccc1[N+](=O)[O-]. The van der Waals surface area contributed by atoms with Gasteiger partial charge in [-0.25, -0.2) is 0 Å². The number of nitro benzene ring substituents is 1. The summed E-state index contributed by atoms with van der Waals surface area (Å²) in [7, 11) is 1.26. The highest BCUT2D eigenvalue weighted by Gasteiger charge is 2.22. The Balaban J connectivity index is 2.92. The number of rotatable bonds is 5. The monoisotopic (exact) mass is 248 g/mol. The van der Waals surface area contributed by atoms with Crippen molar-refractivity contribution in [2.24, 2.45) is 0 Å². The van der Waals surface area contributed by atoms with Crippen LogP contribution in [-0.4, -0.2) is 18.0 Å². The molecule has 0 aromatic heterocycles. The summed E-state index contributed by atoms with van der Waals surface area (Å²) in [5.74, 6) is -1.13. The molecule has 18 heavy (non-hydrogen) atoms. The van der Waals surface area contributed by atoms with Crippen LogP contribution in [0.4, 0.5) is 5.69 Å². The van der Waals surface area contributed by atoms with Gasteiger partial charge in [0.15, 0.2) is 0 Å². The number of para-hydroxylation sites is 1. The van der Waals surface area contributed by atoms with Crippen LogP contribution < -0.4 is 0 Å². The molecule has 6 heteroatoms. The average Bonchev–Trinajstić information content (AvgIpc) is 2.39. The van der Waals surface area contributed by atoms with Crippen molar-refractivity contribution in [3.8, 4) is 6.07 Å². The van der Waals surface area contributed by atoms with Crippen LogP contribution in [0.5, 0.6) is 0 Å². The summed E-state index contributed by atoms with van der Waals surface area (Å²) in [6, 6.07) is 8.02. The molecule has 0 N–H and O–H groups in total. The molecule has 94 valence electrons. The number of nitrogens with zero attached hydrogens (tertiary/aromatic N) is 2. The van der Waals surface area contributed by atoms with Gasteiger partial charge in [-0.1, -0.05) is 18.2 Å². The van der Waals surface area contributed by atoms with Crippen LogP contribution in [0, 0.1) is 21.4 Å². The number of benzene rings is 1. The van der Waals surface area contributed by atoms with E-state index in [-0.39, 0.29) is 18.5 Å². The predicted octanol–water partition coefficient (Wildman–Crippen LogP) is 2.16. The van der Waals surface area contributed by atoms with Gasteiger partial charge in [0.25, 0.3) is 5.69 Å². The molecule has 0 amide bonds. The van der Waals surface area contributed by atoms with Crippen LogP contribution in [0.3, 0.4) is 0 Å². The van der Waals surface area contributed by atoms with Crippen molar-refractivity contribution in [1.29, 1.82) is 5.26 Å². The van der Waals surface area contributed by atoms with Crippen molar-refractivity contribution in [3.05, 3.63) is 39.9 Å². The van der Waals surface area contributed by atoms with Gasteiger partial charge in [-0.05, 0) is 6.42 Å². The number of esters is 1. The predicted molar refractivity (Wildman–Crippen MR) is 62.7 cm³/mol. The van der Waals surface area contributed by atoms with E-state index in [2.05, 4.69) is 4.74 Å². The molecule has 0 saturated heterocycles. The van der Waals surface area contributed by atoms with Gasteiger partial charge < -0.3 is 4.74 Å². The highest BCUT2D eigenvalue weighted by atomic mass is 16.6. The maximum atomic E-state index is 11.0. The molecule has 0 aliphatic rings. The number of carbonyl (C=O) groups is 1. The number of carbonyl (C=O) groups excluding carboxylic acids is 1. The molecule has 0 bridgehead atoms. The first-order chi connectivity index (χ1) is 8.60. The standard InChI is InChI=1S/C12H12N2O4/c1-18-12(15)7-6-9(8-13)10-4-2-3-5-11(10)14(16)17/h2-5,9H,6-7H2,1H3. The molecular formula is C12H12N2O4. The smallest absolute Gasteiger partial charge is 0.305 e. The molecule has 1 aromatic carbocycles. The summed E-state index contributed by atoms with van der Waals surface area (Å²) in [6.45, 7) is 0. The fourth-order valence-corrected chi connectivity index (χ4v) is 1.60. The van der Waals surface area contributed by atoms with Crippen molar-refractivity contribution in [2.75, 3.05) is 7.11 Å². The molecule has 0 aliphatic carbocycles. The van der Waals surface area contributed by atoms with E-state index in [1.807, 2.05) is 6.07 Å². The maximum Gasteiger partial charge on any atom is 0.305 e. The normalized spacial score (nSPS) is 11.3. The Morgan fingerprint density at radius 2 is 2.22 bits per heavy atom. The van der Waals surface area contributed by atoms with Crippen LogP contribution in [-0.2, 0) is 9.53 Å². The molecule has 0 spiro atoms. The molecule has 1 aromatic rings. The van der Waals surface area contributed by atoms with E-state index < -0.39 is 16.8 Å². The lowest BCUT2D eigenvalue weighted by atomic mass is 9.94. The number of hydrogen-bond donors (Lipinski definition) is 0. The number of methoxy groups -OCH3 is 1. The summed E-state index contributed by atoms with van der Waals surface area (Å²) < 4.78 is 4.48. The lowest BCUT2D eigenvalue weighted by molar-refractivity contribution is -0.385. The van der Waals surface area contributed by atoms with Gasteiger partial charge in [-0.2, -0.15) is 5.26 Å². The Kier molecular flexibility index (Phi) is 4.81. The highest BCUT2D eigenvalue weighted by Crippen LogP contribution is 2.29. The number of nitriles is 1. The lowest BCUT2D eigenvalue weighted by Gasteiger charge is -2.08. The molecule has 1 atom stereocenters. The molecule has 6 nitrogen and oxygen atoms in total. The Labute approximate surface area is 104 Å². The topological polar surface area (TPSA) is 93.2 Å². The Hall–Kier alpha value is -2.42. The summed E-state index contributed by atoms with van der Waals surface area (Å²) in [5.41, 5.74) is 0.225. The van der Waals surface area contributed by atoms with Crippen molar-refractivity contribution in [1.82, 2.24) is 0 Å². The van der Waals surface area contributed by atoms with Gasteiger partial charge in [0.05, 0.1) is 24.0 Å². The third-order valence-corrected chi connectivity index (χ3v) is 2.53. The number of ether oxygens (including phenoxy) is 1. The van der Waals surface area contributed by atoms with Crippen LogP contribution in [0.2, 0.25) is 0 Å². The quantitative estimate of drug-likeness (QED) is 0.452. The van der Waals surface area contributed by atoms with Crippen molar-refractivity contribution in [2.45, 2.75) is 18.8 Å². The lowest BCUT2D eigenvalue weighted by Crippen LogP contribution is -2.06. The third-order valence-electron chi connectivity index (χ3n) is 2.53. The van der Waals surface area contributed by atoms with Crippen molar-refractivity contribution < 1.29 is 14.5 Å². The van der Waals surface area contributed by atoms with Gasteiger partial charge in [0, 0.05) is 18.1 Å². The Morgan fingerprint density at radius 3 is 2.78 bits per heavy atom. The third kappa shape index (κ3) is 3.28. The zero-order chi connectivity index (χ0) is 13.5. The maximum absolute atomic E-state index is 11.0. The van der Waals surface area contributed by atoms with Crippen LogP contribution in [0.15, 0.2) is 24.3 Å². The molecule has 0 radical (unpaired) electrons. The molecular weight excluding hydrogens is 236 g/mol. The Morgan fingerprint density at radius 1 is 1.56 bits per heavy atom. The minimum absolute atomic E-state index is 0.0563. The number of nitro groups is 1. The second kappa shape index (κ2) is 6.35. The van der Waals surface area contributed by atoms with Gasteiger partial charge in [-0.15, -0.1) is 0 Å². The molecule has 0 heterocycles. The first kappa shape index (κ1) is 13.6. The first-order valence-corrected chi connectivity index (χ1v) is 5.30. The highest BCUT2D eigenvalue weighted by molar-refractivity contribution is 5.69. The van der Waals surface area contributed by atoms with E-state index in [1.54, 1.807) is 6.07 Å². The average molecular weight is 248 g/mol. The number of hydrogen-bond acceptors (Lipinski definition) is 5. The summed E-state index contributed by atoms with van der Waals surface area (Å²) in [4.78, 5) is 21.3.